The Hall–Kier alpha value is -4.28. The molecular weight excluding hydrogens is 456 g/mol. The second-order valence-electron chi connectivity index (χ2n) is 6.95. The minimum Gasteiger partial charge on any atom is -0.493 e. The highest BCUT2D eigenvalue weighted by Gasteiger charge is 2.16. The summed E-state index contributed by atoms with van der Waals surface area (Å²) < 4.78 is 16.0. The number of nitrogens with zero attached hydrogens (tertiary/aromatic N) is 1. The summed E-state index contributed by atoms with van der Waals surface area (Å²) >= 11 is 6.17. The Morgan fingerprint density at radius 2 is 1.76 bits per heavy atom. The molecule has 0 aromatic heterocycles. The molecule has 1 amide bonds. The molecule has 3 rings (SSSR count). The zero-order chi connectivity index (χ0) is 24.5. The molecule has 0 saturated carbocycles. The van der Waals surface area contributed by atoms with Gasteiger partial charge in [-0.3, -0.25) is 4.79 Å². The Kier molecular flexibility index (Phi) is 8.27. The number of methoxy groups -OCH3 is 2. The third-order valence-electron chi connectivity index (χ3n) is 4.79. The molecule has 0 radical (unpaired) electrons. The van der Waals surface area contributed by atoms with Crippen LogP contribution in [-0.4, -0.2) is 26.1 Å². The van der Waals surface area contributed by atoms with E-state index in [1.165, 1.54) is 26.4 Å². The van der Waals surface area contributed by atoms with E-state index in [0.717, 1.165) is 5.56 Å². The standard InChI is InChI=1S/C26H21ClN2O5/c1-32-24-14-17(11-12-23(24)34-16-18-7-3-5-9-21(18)27)13-19(15-28)25(30)29-22-10-6-4-8-20(22)26(31)33-2/h3-14H,16H2,1-2H3,(H,29,30)/b19-13+. The van der Waals surface area contributed by atoms with Crippen LogP contribution in [0, 0.1) is 11.3 Å². The van der Waals surface area contributed by atoms with Crippen LogP contribution in [-0.2, 0) is 16.1 Å². The molecule has 0 spiro atoms. The molecule has 0 heterocycles. The van der Waals surface area contributed by atoms with Gasteiger partial charge in [-0.15, -0.1) is 0 Å². The quantitative estimate of drug-likeness (QED) is 0.270. The molecule has 0 fully saturated rings. The summed E-state index contributed by atoms with van der Waals surface area (Å²) in [6.45, 7) is 0.247. The number of rotatable bonds is 8. The highest BCUT2D eigenvalue weighted by molar-refractivity contribution is 6.31. The molecule has 0 aliphatic carbocycles. The number of esters is 1. The first-order valence-corrected chi connectivity index (χ1v) is 10.5. The van der Waals surface area contributed by atoms with Gasteiger partial charge in [-0.05, 0) is 42.0 Å². The van der Waals surface area contributed by atoms with Crippen molar-refractivity contribution in [1.82, 2.24) is 0 Å². The fourth-order valence-corrected chi connectivity index (χ4v) is 3.24. The average Bonchev–Trinajstić information content (AvgIpc) is 2.86. The number of halogens is 1. The van der Waals surface area contributed by atoms with Crippen molar-refractivity contribution in [1.29, 1.82) is 5.26 Å². The second kappa shape index (κ2) is 11.5. The van der Waals surface area contributed by atoms with Gasteiger partial charge in [0, 0.05) is 10.6 Å². The Labute approximate surface area is 202 Å². The van der Waals surface area contributed by atoms with E-state index < -0.39 is 11.9 Å². The summed E-state index contributed by atoms with van der Waals surface area (Å²) in [6.07, 6.45) is 1.41. The van der Waals surface area contributed by atoms with Crippen molar-refractivity contribution in [3.63, 3.8) is 0 Å². The second-order valence-corrected chi connectivity index (χ2v) is 7.36. The predicted molar refractivity (Wildman–Crippen MR) is 129 cm³/mol. The molecule has 0 saturated heterocycles. The molecule has 3 aromatic rings. The van der Waals surface area contributed by atoms with Crippen molar-refractivity contribution in [3.8, 4) is 17.6 Å². The highest BCUT2D eigenvalue weighted by atomic mass is 35.5. The topological polar surface area (TPSA) is 97.7 Å². The van der Waals surface area contributed by atoms with Gasteiger partial charge in [-0.2, -0.15) is 5.26 Å². The number of ether oxygens (including phenoxy) is 3. The molecule has 0 aliphatic heterocycles. The maximum absolute atomic E-state index is 12.7. The van der Waals surface area contributed by atoms with Crippen LogP contribution in [0.4, 0.5) is 5.69 Å². The summed E-state index contributed by atoms with van der Waals surface area (Å²) in [5.41, 5.74) is 1.63. The van der Waals surface area contributed by atoms with Crippen LogP contribution in [0.3, 0.4) is 0 Å². The molecule has 0 aliphatic rings. The van der Waals surface area contributed by atoms with Gasteiger partial charge in [-0.25, -0.2) is 4.79 Å². The average molecular weight is 477 g/mol. The predicted octanol–water partition coefficient (Wildman–Crippen LogP) is 5.26. The zero-order valence-electron chi connectivity index (χ0n) is 18.5. The van der Waals surface area contributed by atoms with E-state index in [4.69, 9.17) is 25.8 Å². The van der Waals surface area contributed by atoms with Gasteiger partial charge >= 0.3 is 5.97 Å². The van der Waals surface area contributed by atoms with Crippen molar-refractivity contribution in [2.24, 2.45) is 0 Å². The maximum atomic E-state index is 12.7. The van der Waals surface area contributed by atoms with Crippen LogP contribution in [0.1, 0.15) is 21.5 Å². The number of anilines is 1. The highest BCUT2D eigenvalue weighted by Crippen LogP contribution is 2.30. The summed E-state index contributed by atoms with van der Waals surface area (Å²) in [4.78, 5) is 24.6. The summed E-state index contributed by atoms with van der Waals surface area (Å²) in [6, 6.07) is 20.6. The molecule has 172 valence electrons. The fraction of sp³-hybridized carbons (Fsp3) is 0.115. The third kappa shape index (κ3) is 5.94. The number of hydrogen-bond acceptors (Lipinski definition) is 6. The first-order chi connectivity index (χ1) is 16.5. The smallest absolute Gasteiger partial charge is 0.339 e. The first-order valence-electron chi connectivity index (χ1n) is 10.1. The van der Waals surface area contributed by atoms with Crippen LogP contribution < -0.4 is 14.8 Å². The number of carbonyl (C=O) groups is 2. The lowest BCUT2D eigenvalue weighted by Gasteiger charge is -2.12. The minimum atomic E-state index is -0.670. The summed E-state index contributed by atoms with van der Waals surface area (Å²) in [5.74, 6) is -0.364. The molecule has 0 atom stereocenters. The van der Waals surface area contributed by atoms with Gasteiger partial charge in [0.1, 0.15) is 18.2 Å². The van der Waals surface area contributed by atoms with Crippen molar-refractivity contribution < 1.29 is 23.8 Å². The lowest BCUT2D eigenvalue weighted by atomic mass is 10.1. The van der Waals surface area contributed by atoms with Crippen molar-refractivity contribution in [2.75, 3.05) is 19.5 Å². The van der Waals surface area contributed by atoms with Crippen LogP contribution in [0.25, 0.3) is 6.08 Å². The first kappa shape index (κ1) is 24.4. The number of nitriles is 1. The lowest BCUT2D eigenvalue weighted by Crippen LogP contribution is -2.16. The number of benzene rings is 3. The minimum absolute atomic E-state index is 0.161. The van der Waals surface area contributed by atoms with Crippen LogP contribution >= 0.6 is 11.6 Å². The van der Waals surface area contributed by atoms with Gasteiger partial charge < -0.3 is 19.5 Å². The van der Waals surface area contributed by atoms with Crippen LogP contribution in [0.2, 0.25) is 5.02 Å². The van der Waals surface area contributed by atoms with Gasteiger partial charge in [-0.1, -0.05) is 48.0 Å². The molecule has 7 nitrogen and oxygen atoms in total. The summed E-state index contributed by atoms with van der Waals surface area (Å²) in [5, 5.41) is 12.7. The SMILES string of the molecule is COC(=O)c1ccccc1NC(=O)/C(C#N)=C/c1ccc(OCc2ccccc2Cl)c(OC)c1. The Morgan fingerprint density at radius 3 is 2.47 bits per heavy atom. The van der Waals surface area contributed by atoms with Crippen molar-refractivity contribution in [2.45, 2.75) is 6.61 Å². The van der Waals surface area contributed by atoms with Gasteiger partial charge in [0.25, 0.3) is 5.91 Å². The third-order valence-corrected chi connectivity index (χ3v) is 5.15. The zero-order valence-corrected chi connectivity index (χ0v) is 19.3. The normalized spacial score (nSPS) is 10.7. The van der Waals surface area contributed by atoms with E-state index in [0.29, 0.717) is 22.1 Å². The number of hydrogen-bond donors (Lipinski definition) is 1. The molecule has 8 heteroatoms. The largest absolute Gasteiger partial charge is 0.493 e. The number of para-hydroxylation sites is 1. The number of nitrogens with one attached hydrogen (secondary N) is 1. The Balaban J connectivity index is 1.79. The van der Waals surface area contributed by atoms with E-state index in [1.54, 1.807) is 42.5 Å². The lowest BCUT2D eigenvalue weighted by molar-refractivity contribution is -0.112. The number of carbonyl (C=O) groups excluding carboxylic acids is 2. The monoisotopic (exact) mass is 476 g/mol. The fourth-order valence-electron chi connectivity index (χ4n) is 3.05. The van der Waals surface area contributed by atoms with E-state index in [9.17, 15) is 14.9 Å². The van der Waals surface area contributed by atoms with Gasteiger partial charge in [0.15, 0.2) is 11.5 Å². The molecular formula is C26H21ClN2O5. The molecule has 0 bridgehead atoms. The van der Waals surface area contributed by atoms with E-state index in [1.807, 2.05) is 24.3 Å². The van der Waals surface area contributed by atoms with Crippen molar-refractivity contribution >= 4 is 35.2 Å². The van der Waals surface area contributed by atoms with Crippen LogP contribution in [0.15, 0.2) is 72.3 Å². The van der Waals surface area contributed by atoms with Gasteiger partial charge in [0.05, 0.1) is 25.5 Å². The Morgan fingerprint density at radius 1 is 1.03 bits per heavy atom. The van der Waals surface area contributed by atoms with Gasteiger partial charge in [0.2, 0.25) is 0 Å². The summed E-state index contributed by atoms with van der Waals surface area (Å²) in [7, 11) is 2.74. The Bertz CT molecular complexity index is 1280. The number of amides is 1. The van der Waals surface area contributed by atoms with E-state index in [2.05, 4.69) is 5.32 Å². The maximum Gasteiger partial charge on any atom is 0.339 e. The molecule has 0 unspecified atom stereocenters. The van der Waals surface area contributed by atoms with E-state index in [-0.39, 0.29) is 23.4 Å². The van der Waals surface area contributed by atoms with Crippen molar-refractivity contribution in [3.05, 3.63) is 94.0 Å². The van der Waals surface area contributed by atoms with Crippen LogP contribution in [0.5, 0.6) is 11.5 Å². The van der Waals surface area contributed by atoms with E-state index >= 15 is 0 Å². The molecule has 34 heavy (non-hydrogen) atoms. The molecule has 1 N–H and O–H groups in total. The molecule has 3 aromatic carbocycles.